The Kier molecular flexibility index (Phi) is 5.45. The highest BCUT2D eigenvalue weighted by molar-refractivity contribution is 7.89. The summed E-state index contributed by atoms with van der Waals surface area (Å²) in [7, 11) is -1.23. The molecule has 5 nitrogen and oxygen atoms in total. The van der Waals surface area contributed by atoms with Crippen molar-refractivity contribution in [3.63, 3.8) is 0 Å². The normalized spacial score (nSPS) is 21.2. The lowest BCUT2D eigenvalue weighted by Crippen LogP contribution is -2.60. The molecular weight excluding hydrogens is 370 g/mol. The third-order valence-electron chi connectivity index (χ3n) is 6.06. The van der Waals surface area contributed by atoms with E-state index in [0.717, 1.165) is 25.2 Å². The van der Waals surface area contributed by atoms with E-state index in [4.69, 9.17) is 0 Å². The number of likely N-dealkylation sites (N-methyl/N-ethyl adjacent to an activating group) is 1. The maximum Gasteiger partial charge on any atom is 0.243 e. The van der Waals surface area contributed by atoms with Crippen LogP contribution in [-0.2, 0) is 10.0 Å². The highest BCUT2D eigenvalue weighted by Gasteiger charge is 2.39. The lowest BCUT2D eigenvalue weighted by Gasteiger charge is -2.43. The Morgan fingerprint density at radius 1 is 1.00 bits per heavy atom. The van der Waals surface area contributed by atoms with Gasteiger partial charge in [-0.1, -0.05) is 35.9 Å². The van der Waals surface area contributed by atoms with E-state index in [1.165, 1.54) is 12.1 Å². The van der Waals surface area contributed by atoms with Crippen LogP contribution >= 0.6 is 0 Å². The first kappa shape index (κ1) is 19.4. The van der Waals surface area contributed by atoms with Crippen molar-refractivity contribution in [2.45, 2.75) is 24.3 Å². The zero-order valence-electron chi connectivity index (χ0n) is 16.7. The number of nitrogens with zero attached hydrogens (tertiary/aromatic N) is 3. The summed E-state index contributed by atoms with van der Waals surface area (Å²) in [4.78, 5) is 5.20. The number of benzene rings is 2. The van der Waals surface area contributed by atoms with Crippen molar-refractivity contribution in [2.24, 2.45) is 5.92 Å². The average Bonchev–Trinajstić information content (AvgIpc) is 3.10. The molecule has 4 rings (SSSR count). The highest BCUT2D eigenvalue weighted by atomic mass is 32.2. The minimum absolute atomic E-state index is 0.311. The average molecular weight is 400 g/mol. The molecule has 2 heterocycles. The SMILES string of the molecule is Cc1ccc(S(=O)(=O)N2CC(N(C)CC3CCN(c4ccccc4)C3)C2)cc1. The van der Waals surface area contributed by atoms with E-state index in [2.05, 4.69) is 47.2 Å². The molecule has 2 saturated heterocycles. The van der Waals surface area contributed by atoms with Crippen LogP contribution in [0.15, 0.2) is 59.5 Å². The molecule has 0 aliphatic carbocycles. The standard InChI is InChI=1S/C22H29N3O2S/c1-18-8-10-22(11-9-18)28(26,27)25-16-21(17-25)23(2)14-19-12-13-24(15-19)20-6-4-3-5-7-20/h3-11,19,21H,12-17H2,1-2H3. The van der Waals surface area contributed by atoms with Crippen molar-refractivity contribution >= 4 is 15.7 Å². The number of anilines is 1. The first-order chi connectivity index (χ1) is 13.4. The zero-order chi connectivity index (χ0) is 19.7. The van der Waals surface area contributed by atoms with Gasteiger partial charge in [0.2, 0.25) is 10.0 Å². The minimum atomic E-state index is -3.36. The topological polar surface area (TPSA) is 43.9 Å². The molecule has 1 atom stereocenters. The maximum atomic E-state index is 12.7. The third-order valence-corrected chi connectivity index (χ3v) is 7.91. The molecule has 0 saturated carbocycles. The number of aryl methyl sites for hydroxylation is 1. The summed E-state index contributed by atoms with van der Waals surface area (Å²) in [5, 5.41) is 0. The van der Waals surface area contributed by atoms with Crippen LogP contribution in [0, 0.1) is 12.8 Å². The first-order valence-electron chi connectivity index (χ1n) is 10.0. The van der Waals surface area contributed by atoms with Crippen molar-refractivity contribution in [1.82, 2.24) is 9.21 Å². The Bertz CT molecular complexity index is 893. The van der Waals surface area contributed by atoms with Crippen LogP contribution in [0.25, 0.3) is 0 Å². The fourth-order valence-corrected chi connectivity index (χ4v) is 5.68. The van der Waals surface area contributed by atoms with Crippen molar-refractivity contribution < 1.29 is 8.42 Å². The molecule has 2 aliphatic heterocycles. The van der Waals surface area contributed by atoms with Gasteiger partial charge in [-0.25, -0.2) is 8.42 Å². The van der Waals surface area contributed by atoms with Crippen LogP contribution < -0.4 is 4.90 Å². The molecule has 0 bridgehead atoms. The molecular formula is C22H29N3O2S. The Morgan fingerprint density at radius 3 is 2.36 bits per heavy atom. The van der Waals surface area contributed by atoms with Gasteiger partial charge in [-0.3, -0.25) is 0 Å². The second kappa shape index (κ2) is 7.85. The molecule has 0 N–H and O–H groups in total. The molecule has 0 amide bonds. The van der Waals surface area contributed by atoms with E-state index in [0.29, 0.717) is 29.9 Å². The van der Waals surface area contributed by atoms with Crippen LogP contribution in [0.2, 0.25) is 0 Å². The van der Waals surface area contributed by atoms with Gasteiger partial charge in [-0.15, -0.1) is 0 Å². The molecule has 150 valence electrons. The van der Waals surface area contributed by atoms with Crippen molar-refractivity contribution in [2.75, 3.05) is 44.7 Å². The van der Waals surface area contributed by atoms with Gasteiger partial charge < -0.3 is 9.80 Å². The van der Waals surface area contributed by atoms with E-state index in [9.17, 15) is 8.42 Å². The number of sulfonamides is 1. The highest BCUT2D eigenvalue weighted by Crippen LogP contribution is 2.27. The third kappa shape index (κ3) is 3.95. The predicted molar refractivity (Wildman–Crippen MR) is 113 cm³/mol. The summed E-state index contributed by atoms with van der Waals surface area (Å²) in [5.74, 6) is 0.632. The number of para-hydroxylation sites is 1. The van der Waals surface area contributed by atoms with Crippen LogP contribution in [0.3, 0.4) is 0 Å². The molecule has 6 heteroatoms. The minimum Gasteiger partial charge on any atom is -0.371 e. The van der Waals surface area contributed by atoms with E-state index in [1.54, 1.807) is 16.4 Å². The number of hydrogen-bond donors (Lipinski definition) is 0. The Balaban J connectivity index is 1.28. The largest absolute Gasteiger partial charge is 0.371 e. The van der Waals surface area contributed by atoms with Crippen molar-refractivity contribution in [3.8, 4) is 0 Å². The summed E-state index contributed by atoms with van der Waals surface area (Å²) in [6, 6.07) is 18.0. The van der Waals surface area contributed by atoms with E-state index in [-0.39, 0.29) is 0 Å². The van der Waals surface area contributed by atoms with Crippen LogP contribution in [-0.4, -0.2) is 63.4 Å². The second-order valence-corrected chi connectivity index (χ2v) is 10.1. The summed E-state index contributed by atoms with van der Waals surface area (Å²) >= 11 is 0. The lowest BCUT2D eigenvalue weighted by atomic mass is 10.1. The summed E-state index contributed by atoms with van der Waals surface area (Å²) in [6.07, 6.45) is 1.19. The molecule has 1 unspecified atom stereocenters. The summed E-state index contributed by atoms with van der Waals surface area (Å²) in [5.41, 5.74) is 2.37. The van der Waals surface area contributed by atoms with Crippen LogP contribution in [0.1, 0.15) is 12.0 Å². The van der Waals surface area contributed by atoms with Crippen LogP contribution in [0.5, 0.6) is 0 Å². The van der Waals surface area contributed by atoms with Gasteiger partial charge in [0.15, 0.2) is 0 Å². The smallest absolute Gasteiger partial charge is 0.243 e. The van der Waals surface area contributed by atoms with E-state index < -0.39 is 10.0 Å². The van der Waals surface area contributed by atoms with E-state index >= 15 is 0 Å². The molecule has 2 fully saturated rings. The van der Waals surface area contributed by atoms with Gasteiger partial charge in [-0.05, 0) is 50.6 Å². The molecule has 0 aromatic heterocycles. The Hall–Kier alpha value is -1.89. The molecule has 2 aliphatic rings. The maximum absolute atomic E-state index is 12.7. The molecule has 0 radical (unpaired) electrons. The van der Waals surface area contributed by atoms with Crippen LogP contribution in [0.4, 0.5) is 5.69 Å². The van der Waals surface area contributed by atoms with Gasteiger partial charge in [0.25, 0.3) is 0 Å². The van der Waals surface area contributed by atoms with Gasteiger partial charge >= 0.3 is 0 Å². The fraction of sp³-hybridized carbons (Fsp3) is 0.455. The monoisotopic (exact) mass is 399 g/mol. The molecule has 2 aromatic carbocycles. The van der Waals surface area contributed by atoms with Gasteiger partial charge in [0.05, 0.1) is 4.90 Å². The van der Waals surface area contributed by atoms with E-state index in [1.807, 2.05) is 19.1 Å². The fourth-order valence-electron chi connectivity index (χ4n) is 4.16. The van der Waals surface area contributed by atoms with Gasteiger partial charge in [-0.2, -0.15) is 4.31 Å². The zero-order valence-corrected chi connectivity index (χ0v) is 17.5. The number of hydrogen-bond acceptors (Lipinski definition) is 4. The predicted octanol–water partition coefficient (Wildman–Crippen LogP) is 2.83. The van der Waals surface area contributed by atoms with Crippen molar-refractivity contribution in [1.29, 1.82) is 0 Å². The Labute approximate surface area is 168 Å². The molecule has 28 heavy (non-hydrogen) atoms. The quantitative estimate of drug-likeness (QED) is 0.749. The molecule has 2 aromatic rings. The Morgan fingerprint density at radius 2 is 1.68 bits per heavy atom. The number of rotatable bonds is 6. The van der Waals surface area contributed by atoms with Gasteiger partial charge in [0, 0.05) is 44.5 Å². The summed E-state index contributed by atoms with van der Waals surface area (Å²) < 4.78 is 27.1. The summed E-state index contributed by atoms with van der Waals surface area (Å²) in [6.45, 7) is 6.33. The van der Waals surface area contributed by atoms with Gasteiger partial charge in [0.1, 0.15) is 0 Å². The second-order valence-electron chi connectivity index (χ2n) is 8.16. The lowest BCUT2D eigenvalue weighted by molar-refractivity contribution is 0.0993. The molecule has 0 spiro atoms. The first-order valence-corrected chi connectivity index (χ1v) is 11.4. The van der Waals surface area contributed by atoms with Crippen molar-refractivity contribution in [3.05, 3.63) is 60.2 Å².